The molecule has 23 heavy (non-hydrogen) atoms. The molecule has 1 aromatic heterocycles. The lowest BCUT2D eigenvalue weighted by Gasteiger charge is -2.24. The van der Waals surface area contributed by atoms with Gasteiger partial charge in [-0.15, -0.1) is 0 Å². The van der Waals surface area contributed by atoms with E-state index in [9.17, 15) is 0 Å². The molecule has 0 radical (unpaired) electrons. The van der Waals surface area contributed by atoms with Crippen molar-refractivity contribution in [2.45, 2.75) is 39.2 Å². The van der Waals surface area contributed by atoms with Gasteiger partial charge in [0.05, 0.1) is 25.3 Å². The predicted molar refractivity (Wildman–Crippen MR) is 92.5 cm³/mol. The summed E-state index contributed by atoms with van der Waals surface area (Å²) in [6.45, 7) is 7.67. The summed E-state index contributed by atoms with van der Waals surface area (Å²) in [5.74, 6) is 3.75. The fourth-order valence-corrected chi connectivity index (χ4v) is 3.43. The minimum Gasteiger partial charge on any atom is -0.493 e. The highest BCUT2D eigenvalue weighted by Crippen LogP contribution is 2.34. The minimum atomic E-state index is 0.390. The Hall–Kier alpha value is -1.75. The summed E-state index contributed by atoms with van der Waals surface area (Å²) in [4.78, 5) is 4.87. The van der Waals surface area contributed by atoms with Crippen molar-refractivity contribution in [3.63, 3.8) is 0 Å². The molecule has 0 unspecified atom stereocenters. The van der Waals surface area contributed by atoms with Crippen molar-refractivity contribution in [3.05, 3.63) is 18.0 Å². The van der Waals surface area contributed by atoms with Crippen LogP contribution in [0.5, 0.6) is 11.5 Å². The zero-order valence-electron chi connectivity index (χ0n) is 14.6. The van der Waals surface area contributed by atoms with Gasteiger partial charge >= 0.3 is 0 Å². The summed E-state index contributed by atoms with van der Waals surface area (Å²) < 4.78 is 13.3. The molecule has 2 aromatic rings. The minimum absolute atomic E-state index is 0.390. The Kier molecular flexibility index (Phi) is 4.76. The number of benzene rings is 1. The van der Waals surface area contributed by atoms with Gasteiger partial charge in [-0.05, 0) is 31.8 Å². The van der Waals surface area contributed by atoms with Gasteiger partial charge in [-0.1, -0.05) is 13.8 Å². The summed E-state index contributed by atoms with van der Waals surface area (Å²) >= 11 is 0. The molecule has 0 saturated carbocycles. The number of nitrogens with zero attached hydrogens (tertiary/aromatic N) is 2. The second kappa shape index (κ2) is 6.79. The maximum Gasteiger partial charge on any atom is 0.163 e. The highest BCUT2D eigenvalue weighted by molar-refractivity contribution is 5.80. The number of fused-ring (bicyclic) bond motifs is 1. The maximum atomic E-state index is 5.48. The van der Waals surface area contributed by atoms with Gasteiger partial charge in [0.25, 0.3) is 0 Å². The highest BCUT2D eigenvalue weighted by Gasteiger charge is 2.21. The first-order chi connectivity index (χ1) is 11.1. The van der Waals surface area contributed by atoms with Crippen LogP contribution in [0.15, 0.2) is 12.1 Å². The lowest BCUT2D eigenvalue weighted by Crippen LogP contribution is -2.30. The van der Waals surface area contributed by atoms with E-state index < -0.39 is 0 Å². The summed E-state index contributed by atoms with van der Waals surface area (Å²) in [6.07, 6.45) is 2.45. The third-order valence-electron chi connectivity index (χ3n) is 4.70. The summed E-state index contributed by atoms with van der Waals surface area (Å²) in [7, 11) is 3.35. The first-order valence-corrected chi connectivity index (χ1v) is 8.47. The van der Waals surface area contributed by atoms with E-state index in [1.165, 1.54) is 12.8 Å². The van der Waals surface area contributed by atoms with E-state index in [0.29, 0.717) is 11.8 Å². The number of hydrogen-bond acceptors (Lipinski definition) is 4. The van der Waals surface area contributed by atoms with E-state index >= 15 is 0 Å². The van der Waals surface area contributed by atoms with Crippen molar-refractivity contribution in [3.8, 4) is 11.5 Å². The fourth-order valence-electron chi connectivity index (χ4n) is 3.43. The van der Waals surface area contributed by atoms with E-state index in [1.807, 2.05) is 6.07 Å². The Morgan fingerprint density at radius 3 is 2.43 bits per heavy atom. The molecule has 1 fully saturated rings. The summed E-state index contributed by atoms with van der Waals surface area (Å²) in [5, 5.41) is 3.44. The molecule has 1 aliphatic heterocycles. The van der Waals surface area contributed by atoms with Gasteiger partial charge in [0.2, 0.25) is 0 Å². The van der Waals surface area contributed by atoms with Crippen molar-refractivity contribution in [2.24, 2.45) is 5.92 Å². The average molecular weight is 317 g/mol. The molecule has 0 bridgehead atoms. The van der Waals surface area contributed by atoms with Gasteiger partial charge in [-0.3, -0.25) is 0 Å². The molecule has 1 N–H and O–H groups in total. The van der Waals surface area contributed by atoms with Gasteiger partial charge in [-0.25, -0.2) is 4.98 Å². The number of ether oxygens (including phenoxy) is 2. The summed E-state index contributed by atoms with van der Waals surface area (Å²) in [5.41, 5.74) is 2.13. The predicted octanol–water partition coefficient (Wildman–Crippen LogP) is 3.18. The number of hydrogen-bond donors (Lipinski definition) is 1. The highest BCUT2D eigenvalue weighted by atomic mass is 16.5. The average Bonchev–Trinajstić information content (AvgIpc) is 2.92. The zero-order valence-corrected chi connectivity index (χ0v) is 14.6. The number of rotatable bonds is 5. The summed E-state index contributed by atoms with van der Waals surface area (Å²) in [6, 6.07) is 4.05. The number of methoxy groups -OCH3 is 2. The van der Waals surface area contributed by atoms with Crippen LogP contribution in [0.25, 0.3) is 11.0 Å². The number of aromatic nitrogens is 2. The smallest absolute Gasteiger partial charge is 0.163 e. The molecule has 1 aliphatic rings. The van der Waals surface area contributed by atoms with E-state index in [1.54, 1.807) is 14.2 Å². The van der Waals surface area contributed by atoms with Crippen LogP contribution in [0.2, 0.25) is 0 Å². The first-order valence-electron chi connectivity index (χ1n) is 8.47. The molecule has 126 valence electrons. The van der Waals surface area contributed by atoms with E-state index in [2.05, 4.69) is 29.8 Å². The van der Waals surface area contributed by atoms with E-state index in [-0.39, 0.29) is 0 Å². The number of imidazole rings is 1. The van der Waals surface area contributed by atoms with Crippen molar-refractivity contribution < 1.29 is 9.47 Å². The van der Waals surface area contributed by atoms with Gasteiger partial charge in [0.1, 0.15) is 5.82 Å². The van der Waals surface area contributed by atoms with Crippen LogP contribution in [0.4, 0.5) is 0 Å². The van der Waals surface area contributed by atoms with Crippen LogP contribution in [0.3, 0.4) is 0 Å². The molecular formula is C18H27N3O2. The molecule has 5 nitrogen and oxygen atoms in total. The zero-order chi connectivity index (χ0) is 16.4. The fraction of sp³-hybridized carbons (Fsp3) is 0.611. The molecule has 2 heterocycles. The van der Waals surface area contributed by atoms with E-state index in [0.717, 1.165) is 48.0 Å². The van der Waals surface area contributed by atoms with Crippen molar-refractivity contribution in [2.75, 3.05) is 27.3 Å². The normalized spacial score (nSPS) is 16.2. The Balaban J connectivity index is 2.06. The lowest BCUT2D eigenvalue weighted by molar-refractivity contribution is 0.331. The Bertz CT molecular complexity index is 672. The monoisotopic (exact) mass is 317 g/mol. The molecule has 1 aromatic carbocycles. The molecule has 5 heteroatoms. The third-order valence-corrected chi connectivity index (χ3v) is 4.70. The molecule has 0 amide bonds. The van der Waals surface area contributed by atoms with Crippen LogP contribution in [0, 0.1) is 5.92 Å². The quantitative estimate of drug-likeness (QED) is 0.920. The third kappa shape index (κ3) is 3.15. The van der Waals surface area contributed by atoms with Crippen molar-refractivity contribution in [1.29, 1.82) is 0 Å². The van der Waals surface area contributed by atoms with Crippen molar-refractivity contribution in [1.82, 2.24) is 14.9 Å². The van der Waals surface area contributed by atoms with Gasteiger partial charge < -0.3 is 19.4 Å². The Morgan fingerprint density at radius 1 is 1.17 bits per heavy atom. The molecule has 1 saturated heterocycles. The molecule has 0 aliphatic carbocycles. The lowest BCUT2D eigenvalue weighted by atomic mass is 9.98. The molecule has 3 rings (SSSR count). The Labute approximate surface area is 138 Å². The molecular weight excluding hydrogens is 290 g/mol. The molecule has 0 spiro atoms. The number of piperidine rings is 1. The molecule has 0 atom stereocenters. The second-order valence-corrected chi connectivity index (χ2v) is 6.62. The van der Waals surface area contributed by atoms with Crippen LogP contribution in [0.1, 0.15) is 38.4 Å². The van der Waals surface area contributed by atoms with Crippen LogP contribution in [-0.2, 0) is 6.54 Å². The van der Waals surface area contributed by atoms with Crippen LogP contribution < -0.4 is 14.8 Å². The van der Waals surface area contributed by atoms with Gasteiger partial charge in [-0.2, -0.15) is 0 Å². The van der Waals surface area contributed by atoms with Crippen LogP contribution in [-0.4, -0.2) is 36.9 Å². The van der Waals surface area contributed by atoms with E-state index in [4.69, 9.17) is 14.5 Å². The van der Waals surface area contributed by atoms with Gasteiger partial charge in [0.15, 0.2) is 11.5 Å². The van der Waals surface area contributed by atoms with Crippen LogP contribution >= 0.6 is 0 Å². The first kappa shape index (κ1) is 16.1. The number of nitrogens with one attached hydrogen (secondary N) is 1. The van der Waals surface area contributed by atoms with Crippen molar-refractivity contribution >= 4 is 11.0 Å². The SMILES string of the molecule is COc1cc2nc(C(C)C)n(CC3CCNCC3)c2cc1OC. The Morgan fingerprint density at radius 2 is 1.83 bits per heavy atom. The standard InChI is InChI=1S/C18H27N3O2/c1-12(2)18-20-14-9-16(22-3)17(23-4)10-15(14)21(18)11-13-5-7-19-8-6-13/h9-10,12-13,19H,5-8,11H2,1-4H3. The van der Waals surface area contributed by atoms with Gasteiger partial charge in [0, 0.05) is 24.6 Å². The second-order valence-electron chi connectivity index (χ2n) is 6.62. The largest absolute Gasteiger partial charge is 0.493 e. The topological polar surface area (TPSA) is 48.3 Å². The maximum absolute atomic E-state index is 5.48.